The first-order valence-electron chi connectivity index (χ1n) is 7.22. The van der Waals surface area contributed by atoms with E-state index in [0.717, 1.165) is 28.4 Å². The third kappa shape index (κ3) is 3.63. The first-order chi connectivity index (χ1) is 11.9. The lowest BCUT2D eigenvalue weighted by Gasteiger charge is -2.12. The fourth-order valence-corrected chi connectivity index (χ4v) is 4.13. The average molecular weight is 371 g/mol. The van der Waals surface area contributed by atoms with E-state index in [1.165, 1.54) is 23.5 Å². The number of hydrogen-bond acceptors (Lipinski definition) is 5. The van der Waals surface area contributed by atoms with Crippen LogP contribution in [0.1, 0.15) is 10.4 Å². The monoisotopic (exact) mass is 371 g/mol. The van der Waals surface area contributed by atoms with Crippen LogP contribution in [0.5, 0.6) is 0 Å². The zero-order valence-electron chi connectivity index (χ0n) is 13.1. The molecule has 0 saturated heterocycles. The molecule has 0 saturated carbocycles. The topological polar surface area (TPSA) is 96.9 Å². The van der Waals surface area contributed by atoms with E-state index in [0.29, 0.717) is 15.3 Å². The Bertz CT molecular complexity index is 1070. The van der Waals surface area contributed by atoms with E-state index in [4.69, 9.17) is 5.26 Å². The van der Waals surface area contributed by atoms with Crippen molar-refractivity contribution in [1.82, 2.24) is 0 Å². The van der Waals surface area contributed by atoms with E-state index in [2.05, 4.69) is 10.8 Å². The molecule has 3 aromatic rings. The van der Waals surface area contributed by atoms with Crippen molar-refractivity contribution >= 4 is 27.0 Å². The molecule has 0 aliphatic rings. The highest BCUT2D eigenvalue weighted by molar-refractivity contribution is 7.92. The first kappa shape index (κ1) is 17.0. The van der Waals surface area contributed by atoms with Gasteiger partial charge in [0.05, 0.1) is 10.6 Å². The summed E-state index contributed by atoms with van der Waals surface area (Å²) in [6.07, 6.45) is 2.26. The maximum Gasteiger partial charge on any atom is 0.262 e. The van der Waals surface area contributed by atoms with Crippen molar-refractivity contribution in [1.29, 1.82) is 5.26 Å². The van der Waals surface area contributed by atoms with Gasteiger partial charge in [0.2, 0.25) is 0 Å². The Balaban J connectivity index is 1.95. The highest BCUT2D eigenvalue weighted by Gasteiger charge is 2.17. The number of thiophene rings is 1. The number of nitrogens with zero attached hydrogens (tertiary/aromatic N) is 2. The highest BCUT2D eigenvalue weighted by atomic mass is 32.2. The van der Waals surface area contributed by atoms with E-state index in [1.54, 1.807) is 19.1 Å². The minimum atomic E-state index is -3.80. The van der Waals surface area contributed by atoms with Gasteiger partial charge in [-0.2, -0.15) is 9.99 Å². The second-order valence-electron chi connectivity index (χ2n) is 5.30. The second-order valence-corrected chi connectivity index (χ2v) is 8.07. The molecule has 0 amide bonds. The molecule has 2 aromatic heterocycles. The highest BCUT2D eigenvalue weighted by Crippen LogP contribution is 2.31. The minimum Gasteiger partial charge on any atom is -0.619 e. The van der Waals surface area contributed by atoms with Crippen molar-refractivity contribution in [3.8, 4) is 16.5 Å². The van der Waals surface area contributed by atoms with E-state index >= 15 is 0 Å². The van der Waals surface area contributed by atoms with Crippen molar-refractivity contribution in [2.24, 2.45) is 0 Å². The Morgan fingerprint density at radius 3 is 2.52 bits per heavy atom. The number of aryl methyl sites for hydroxylation is 1. The van der Waals surface area contributed by atoms with Gasteiger partial charge in [-0.3, -0.25) is 4.72 Å². The van der Waals surface area contributed by atoms with Gasteiger partial charge in [0.15, 0.2) is 12.4 Å². The second kappa shape index (κ2) is 6.55. The lowest BCUT2D eigenvalue weighted by Crippen LogP contribution is -2.25. The predicted molar refractivity (Wildman–Crippen MR) is 95.4 cm³/mol. The molecule has 1 aromatic carbocycles. The molecular formula is C17H13N3O3S2. The molecule has 0 radical (unpaired) electrons. The third-order valence-corrected chi connectivity index (χ3v) is 5.98. The molecule has 0 aliphatic carbocycles. The Kier molecular flexibility index (Phi) is 4.44. The number of hydrogen-bond donors (Lipinski definition) is 1. The molecule has 0 fully saturated rings. The molecule has 2 heterocycles. The van der Waals surface area contributed by atoms with Crippen LogP contribution in [0.4, 0.5) is 5.69 Å². The molecule has 126 valence electrons. The van der Waals surface area contributed by atoms with Crippen LogP contribution < -0.4 is 9.45 Å². The Labute approximate surface area is 149 Å². The molecule has 0 unspecified atom stereocenters. The van der Waals surface area contributed by atoms with Crippen LogP contribution in [0.15, 0.2) is 59.8 Å². The maximum absolute atomic E-state index is 12.5. The summed E-state index contributed by atoms with van der Waals surface area (Å²) in [5, 5.41) is 20.0. The fraction of sp³-hybridized carbons (Fsp3) is 0.0588. The summed E-state index contributed by atoms with van der Waals surface area (Å²) in [5.74, 6) is 0. The molecule has 0 aliphatic heterocycles. The number of pyridine rings is 1. The smallest absolute Gasteiger partial charge is 0.262 e. The van der Waals surface area contributed by atoms with Gasteiger partial charge in [-0.15, -0.1) is 11.3 Å². The number of anilines is 1. The van der Waals surface area contributed by atoms with Crippen LogP contribution in [-0.4, -0.2) is 8.42 Å². The number of sulfonamides is 1. The van der Waals surface area contributed by atoms with Crippen LogP contribution in [0.3, 0.4) is 0 Å². The standard InChI is InChI=1S/C17H13N3O3S2/c1-12-2-3-13(17-5-4-14(11-18)24-17)10-16(12)19-25(22,23)15-6-8-20(21)9-7-15/h2-10,19H,1H3. The Hall–Kier alpha value is -2.89. The normalized spacial score (nSPS) is 11.0. The van der Waals surface area contributed by atoms with Crippen molar-refractivity contribution in [3.05, 3.63) is 70.5 Å². The van der Waals surface area contributed by atoms with Gasteiger partial charge >= 0.3 is 0 Å². The molecule has 1 N–H and O–H groups in total. The van der Waals surface area contributed by atoms with Gasteiger partial charge in [0, 0.05) is 17.0 Å². The van der Waals surface area contributed by atoms with Crippen LogP contribution in [0.25, 0.3) is 10.4 Å². The number of aromatic nitrogens is 1. The van der Waals surface area contributed by atoms with Gasteiger partial charge in [0.25, 0.3) is 10.0 Å². The lowest BCUT2D eigenvalue weighted by molar-refractivity contribution is -0.605. The summed E-state index contributed by atoms with van der Waals surface area (Å²) in [5.41, 5.74) is 2.03. The summed E-state index contributed by atoms with van der Waals surface area (Å²) in [4.78, 5) is 1.48. The van der Waals surface area contributed by atoms with Crippen molar-refractivity contribution in [2.45, 2.75) is 11.8 Å². The van der Waals surface area contributed by atoms with Crippen molar-refractivity contribution < 1.29 is 13.1 Å². The Morgan fingerprint density at radius 1 is 1.16 bits per heavy atom. The van der Waals surface area contributed by atoms with Gasteiger partial charge in [-0.1, -0.05) is 12.1 Å². The summed E-state index contributed by atoms with van der Waals surface area (Å²) >= 11 is 1.34. The summed E-state index contributed by atoms with van der Waals surface area (Å²) in [6, 6.07) is 13.6. The van der Waals surface area contributed by atoms with E-state index < -0.39 is 10.0 Å². The molecule has 25 heavy (non-hydrogen) atoms. The fourth-order valence-electron chi connectivity index (χ4n) is 2.22. The molecule has 0 atom stereocenters. The number of rotatable bonds is 4. The molecule has 0 bridgehead atoms. The molecule has 0 spiro atoms. The first-order valence-corrected chi connectivity index (χ1v) is 9.51. The lowest BCUT2D eigenvalue weighted by atomic mass is 10.1. The quantitative estimate of drug-likeness (QED) is 0.563. The van der Waals surface area contributed by atoms with Gasteiger partial charge in [-0.05, 0) is 36.2 Å². The SMILES string of the molecule is Cc1ccc(-c2ccc(C#N)s2)cc1NS(=O)(=O)c1cc[n+]([O-])cc1. The molecule has 6 nitrogen and oxygen atoms in total. The van der Waals surface area contributed by atoms with E-state index in [-0.39, 0.29) is 4.90 Å². The van der Waals surface area contributed by atoms with E-state index in [1.807, 2.05) is 18.2 Å². The van der Waals surface area contributed by atoms with Crippen LogP contribution >= 0.6 is 11.3 Å². The molecular weight excluding hydrogens is 358 g/mol. The number of benzene rings is 1. The van der Waals surface area contributed by atoms with Gasteiger partial charge in [0.1, 0.15) is 10.9 Å². The molecule has 3 rings (SSSR count). The summed E-state index contributed by atoms with van der Waals surface area (Å²) in [7, 11) is -3.80. The largest absolute Gasteiger partial charge is 0.619 e. The van der Waals surface area contributed by atoms with Crippen molar-refractivity contribution in [2.75, 3.05) is 4.72 Å². The minimum absolute atomic E-state index is 0.00675. The van der Waals surface area contributed by atoms with E-state index in [9.17, 15) is 13.6 Å². The van der Waals surface area contributed by atoms with Gasteiger partial charge < -0.3 is 5.21 Å². The number of nitriles is 1. The van der Waals surface area contributed by atoms with Crippen molar-refractivity contribution in [3.63, 3.8) is 0 Å². The van der Waals surface area contributed by atoms with Gasteiger partial charge in [-0.25, -0.2) is 8.42 Å². The van der Waals surface area contributed by atoms with Crippen LogP contribution in [0, 0.1) is 23.5 Å². The average Bonchev–Trinajstić information content (AvgIpc) is 3.06. The van der Waals surface area contributed by atoms with Crippen LogP contribution in [-0.2, 0) is 10.0 Å². The summed E-state index contributed by atoms with van der Waals surface area (Å²) < 4.78 is 28.1. The zero-order chi connectivity index (χ0) is 18.0. The third-order valence-electron chi connectivity index (χ3n) is 3.56. The Morgan fingerprint density at radius 2 is 1.88 bits per heavy atom. The maximum atomic E-state index is 12.5. The summed E-state index contributed by atoms with van der Waals surface area (Å²) in [6.45, 7) is 1.80. The molecule has 8 heteroatoms. The number of nitrogens with one attached hydrogen (secondary N) is 1. The zero-order valence-corrected chi connectivity index (χ0v) is 14.8. The predicted octanol–water partition coefficient (Wildman–Crippen LogP) is 3.03. The van der Waals surface area contributed by atoms with Crippen LogP contribution in [0.2, 0.25) is 0 Å².